The molecule has 12 rings (SSSR count). The summed E-state index contributed by atoms with van der Waals surface area (Å²) in [4.78, 5) is 14.8. The average Bonchev–Trinajstić information content (AvgIpc) is 3.90. The second-order valence-electron chi connectivity index (χ2n) is 17.9. The summed E-state index contributed by atoms with van der Waals surface area (Å²) in [7, 11) is 0. The lowest BCUT2D eigenvalue weighted by Crippen LogP contribution is -2.10. The smallest absolute Gasteiger partial charge is 0.308 e. The van der Waals surface area contributed by atoms with E-state index in [4.69, 9.17) is 15.0 Å². The number of rotatable bonds is 7. The maximum Gasteiger partial charge on any atom is 0.416 e. The van der Waals surface area contributed by atoms with Crippen molar-refractivity contribution in [3.63, 3.8) is 0 Å². The summed E-state index contributed by atoms with van der Waals surface area (Å²) < 4.78 is 94.1. The summed E-state index contributed by atoms with van der Waals surface area (Å²) in [5.41, 5.74) is 7.91. The van der Waals surface area contributed by atoms with Gasteiger partial charge in [0.15, 0.2) is 17.5 Å². The van der Waals surface area contributed by atoms with Gasteiger partial charge in [-0.3, -0.25) is 0 Å². The average molecular weight is 956 g/mol. The van der Waals surface area contributed by atoms with Crippen LogP contribution in [-0.2, 0) is 12.4 Å². The van der Waals surface area contributed by atoms with Gasteiger partial charge >= 0.3 is 12.4 Å². The van der Waals surface area contributed by atoms with Crippen LogP contribution in [0.5, 0.6) is 0 Å². The van der Waals surface area contributed by atoms with Crippen molar-refractivity contribution in [2.24, 2.45) is 0 Å². The molecule has 5 nitrogen and oxygen atoms in total. The standard InChI is InChI=1S/C61H39F6N5/c1-36-14-6-8-18-43(36)39-24-28-47-45-20-10-12-22-51(45)71(55(47)32-39)53-30-26-41(60(62,63)64)34-49(53)58-68-57(38-16-4-3-5-17-38)69-59(70-58)50-35-42(61(65,66)67)27-31-54(50)72-52-23-13-11-21-46(52)48-29-25-40(33-56(48)72)44-19-9-7-15-37(44)2/h3-35H,1-2H3. The van der Waals surface area contributed by atoms with Gasteiger partial charge in [-0.25, -0.2) is 15.0 Å². The third-order valence-corrected chi connectivity index (χ3v) is 13.5. The van der Waals surface area contributed by atoms with E-state index >= 15 is 26.3 Å². The molecule has 350 valence electrons. The van der Waals surface area contributed by atoms with Gasteiger partial charge < -0.3 is 9.13 Å². The molecular formula is C61H39F6N5. The predicted molar refractivity (Wildman–Crippen MR) is 275 cm³/mol. The molecule has 0 spiro atoms. The second-order valence-corrected chi connectivity index (χ2v) is 17.9. The molecule has 0 unspecified atom stereocenters. The Morgan fingerprint density at radius 2 is 0.708 bits per heavy atom. The summed E-state index contributed by atoms with van der Waals surface area (Å²) in [5.74, 6) is -0.294. The molecule has 0 bridgehead atoms. The van der Waals surface area contributed by atoms with Crippen LogP contribution in [0.4, 0.5) is 26.3 Å². The van der Waals surface area contributed by atoms with Gasteiger partial charge in [0.05, 0.1) is 44.6 Å². The molecule has 0 aliphatic rings. The van der Waals surface area contributed by atoms with Crippen molar-refractivity contribution in [2.75, 3.05) is 0 Å². The van der Waals surface area contributed by atoms with Crippen LogP contribution < -0.4 is 0 Å². The SMILES string of the molecule is Cc1ccccc1-c1ccc2c3ccccc3n(-c3ccc(C(F)(F)F)cc3-c3nc(-c4ccccc4)nc(-c4cc(C(F)(F)F)ccc4-n4c5ccccc5c5ccc(-c6ccccc6C)cc54)n3)c2c1. The molecule has 0 fully saturated rings. The molecule has 0 amide bonds. The van der Waals surface area contributed by atoms with Crippen LogP contribution in [0.3, 0.4) is 0 Å². The van der Waals surface area contributed by atoms with Gasteiger partial charge in [0.25, 0.3) is 0 Å². The van der Waals surface area contributed by atoms with E-state index in [1.54, 1.807) is 30.3 Å². The molecule has 3 heterocycles. The highest BCUT2D eigenvalue weighted by atomic mass is 19.4. The first kappa shape index (κ1) is 44.4. The van der Waals surface area contributed by atoms with Gasteiger partial charge in [-0.1, -0.05) is 140 Å². The van der Waals surface area contributed by atoms with Crippen molar-refractivity contribution < 1.29 is 26.3 Å². The first-order valence-corrected chi connectivity index (χ1v) is 23.2. The number of aryl methyl sites for hydroxylation is 2. The summed E-state index contributed by atoms with van der Waals surface area (Å²) in [6.07, 6.45) is -9.57. The van der Waals surface area contributed by atoms with Crippen LogP contribution in [-0.4, -0.2) is 24.1 Å². The van der Waals surface area contributed by atoms with Gasteiger partial charge in [0.1, 0.15) is 0 Å². The summed E-state index contributed by atoms with van der Waals surface area (Å²) >= 11 is 0. The van der Waals surface area contributed by atoms with Crippen LogP contribution in [0.1, 0.15) is 22.3 Å². The van der Waals surface area contributed by atoms with Crippen molar-refractivity contribution in [2.45, 2.75) is 26.2 Å². The van der Waals surface area contributed by atoms with Gasteiger partial charge in [-0.15, -0.1) is 0 Å². The molecule has 0 N–H and O–H groups in total. The first-order chi connectivity index (χ1) is 34.8. The number of hydrogen-bond acceptors (Lipinski definition) is 3. The Morgan fingerprint density at radius 3 is 1.15 bits per heavy atom. The van der Waals surface area contributed by atoms with Crippen LogP contribution in [0.2, 0.25) is 0 Å². The Balaban J connectivity index is 1.17. The Hall–Kier alpha value is -8.83. The van der Waals surface area contributed by atoms with E-state index in [1.165, 1.54) is 12.1 Å². The lowest BCUT2D eigenvalue weighted by Gasteiger charge is -2.19. The van der Waals surface area contributed by atoms with Gasteiger partial charge in [0.2, 0.25) is 0 Å². The van der Waals surface area contributed by atoms with Crippen molar-refractivity contribution in [1.82, 2.24) is 24.1 Å². The normalized spacial score (nSPS) is 12.2. The highest BCUT2D eigenvalue weighted by molar-refractivity contribution is 6.12. The highest BCUT2D eigenvalue weighted by Gasteiger charge is 2.34. The molecular weight excluding hydrogens is 917 g/mol. The quantitative estimate of drug-likeness (QED) is 0.150. The minimum atomic E-state index is -4.79. The number of alkyl halides is 6. The van der Waals surface area contributed by atoms with E-state index in [1.807, 2.05) is 156 Å². The lowest BCUT2D eigenvalue weighted by molar-refractivity contribution is -0.138. The maximum atomic E-state index is 15.0. The van der Waals surface area contributed by atoms with E-state index in [2.05, 4.69) is 0 Å². The van der Waals surface area contributed by atoms with Gasteiger partial charge in [-0.05, 0) is 108 Å². The Bertz CT molecular complexity index is 3870. The Kier molecular flexibility index (Phi) is 10.4. The first-order valence-electron chi connectivity index (χ1n) is 23.2. The van der Waals surface area contributed by atoms with Crippen LogP contribution in [0, 0.1) is 13.8 Å². The number of aromatic nitrogens is 5. The third-order valence-electron chi connectivity index (χ3n) is 13.5. The van der Waals surface area contributed by atoms with Crippen molar-refractivity contribution in [3.05, 3.63) is 222 Å². The zero-order valence-corrected chi connectivity index (χ0v) is 38.6. The number of halogens is 6. The largest absolute Gasteiger partial charge is 0.416 e. The van der Waals surface area contributed by atoms with E-state index in [0.717, 1.165) is 79.2 Å². The van der Waals surface area contributed by atoms with Crippen molar-refractivity contribution in [3.8, 4) is 67.8 Å². The molecule has 0 atom stereocenters. The zero-order chi connectivity index (χ0) is 49.5. The molecule has 11 heteroatoms. The molecule has 9 aromatic carbocycles. The Labute approximate surface area is 409 Å². The summed E-state index contributed by atoms with van der Waals surface area (Å²) in [6.45, 7) is 4.04. The van der Waals surface area contributed by atoms with E-state index in [0.29, 0.717) is 39.0 Å². The minimum Gasteiger partial charge on any atom is -0.308 e. The van der Waals surface area contributed by atoms with Crippen molar-refractivity contribution in [1.29, 1.82) is 0 Å². The summed E-state index contributed by atoms with van der Waals surface area (Å²) in [6, 6.07) is 59.1. The number of hydrogen-bond donors (Lipinski definition) is 0. The van der Waals surface area contributed by atoms with Crippen LogP contribution in [0.15, 0.2) is 200 Å². The molecule has 3 aromatic heterocycles. The lowest BCUT2D eigenvalue weighted by atomic mass is 9.99. The topological polar surface area (TPSA) is 48.5 Å². The fourth-order valence-electron chi connectivity index (χ4n) is 10.1. The number of benzene rings is 9. The number of fused-ring (bicyclic) bond motifs is 6. The van der Waals surface area contributed by atoms with Crippen LogP contribution in [0.25, 0.3) is 111 Å². The molecule has 0 saturated carbocycles. The molecule has 0 aliphatic carbocycles. The predicted octanol–water partition coefficient (Wildman–Crippen LogP) is 17.1. The van der Waals surface area contributed by atoms with Crippen molar-refractivity contribution >= 4 is 43.6 Å². The third kappa shape index (κ3) is 7.56. The molecule has 0 saturated heterocycles. The molecule has 0 aliphatic heterocycles. The maximum absolute atomic E-state index is 15.0. The molecule has 12 aromatic rings. The second kappa shape index (κ2) is 16.9. The number of nitrogens with zero attached hydrogens (tertiary/aromatic N) is 5. The zero-order valence-electron chi connectivity index (χ0n) is 38.6. The van der Waals surface area contributed by atoms with Crippen LogP contribution >= 0.6 is 0 Å². The Morgan fingerprint density at radius 1 is 0.319 bits per heavy atom. The highest BCUT2D eigenvalue weighted by Crippen LogP contribution is 2.44. The molecule has 72 heavy (non-hydrogen) atoms. The summed E-state index contributed by atoms with van der Waals surface area (Å²) in [5, 5.41) is 3.45. The van der Waals surface area contributed by atoms with E-state index < -0.39 is 23.5 Å². The monoisotopic (exact) mass is 955 g/mol. The minimum absolute atomic E-state index is 0.0112. The fraction of sp³-hybridized carbons (Fsp3) is 0.0656. The number of para-hydroxylation sites is 2. The van der Waals surface area contributed by atoms with E-state index in [9.17, 15) is 0 Å². The van der Waals surface area contributed by atoms with Gasteiger partial charge in [0, 0.05) is 38.2 Å². The van der Waals surface area contributed by atoms with Gasteiger partial charge in [-0.2, -0.15) is 26.3 Å². The fourth-order valence-corrected chi connectivity index (χ4v) is 10.1. The molecule has 0 radical (unpaired) electrons. The van der Waals surface area contributed by atoms with E-state index in [-0.39, 0.29) is 28.6 Å².